The molecule has 0 saturated carbocycles. The van der Waals surface area contributed by atoms with Crippen molar-refractivity contribution in [3.05, 3.63) is 11.8 Å². The number of hydrogen-bond acceptors (Lipinski definition) is 3. The van der Waals surface area contributed by atoms with Crippen molar-refractivity contribution < 1.29 is 12.6 Å². The Labute approximate surface area is 142 Å². The van der Waals surface area contributed by atoms with Crippen molar-refractivity contribution in [1.29, 1.82) is 0 Å². The summed E-state index contributed by atoms with van der Waals surface area (Å²) in [5.74, 6) is 0.499. The maximum atomic E-state index is 11.6. The fourth-order valence-electron chi connectivity index (χ4n) is 2.75. The number of unbranched alkanes of at least 4 members (excludes halogenated alkanes) is 3. The predicted molar refractivity (Wildman–Crippen MR) is 96.4 cm³/mol. The van der Waals surface area contributed by atoms with Gasteiger partial charge in [-0.15, -0.1) is 0 Å². The molecule has 130 valence electrons. The topological polar surface area (TPSA) is 35.5 Å². The molecule has 22 heavy (non-hydrogen) atoms. The van der Waals surface area contributed by atoms with Gasteiger partial charge in [0.15, 0.2) is 0 Å². The molecule has 0 aromatic rings. The van der Waals surface area contributed by atoms with Crippen LogP contribution in [0.15, 0.2) is 11.8 Å². The van der Waals surface area contributed by atoms with Crippen LogP contribution in [0.5, 0.6) is 0 Å². The van der Waals surface area contributed by atoms with Crippen molar-refractivity contribution in [3.8, 4) is 0 Å². The first-order valence-corrected chi connectivity index (χ1v) is 16.3. The molecule has 0 saturated heterocycles. The van der Waals surface area contributed by atoms with Gasteiger partial charge in [-0.1, -0.05) is 0 Å². The Kier molecular flexibility index (Phi) is 13.2. The molecule has 0 fully saturated rings. The predicted octanol–water partition coefficient (Wildman–Crippen LogP) is 5.82. The summed E-state index contributed by atoms with van der Waals surface area (Å²) in [6.07, 6.45) is 8.99. The summed E-state index contributed by atoms with van der Waals surface area (Å²) in [7, 11) is 0. The Bertz CT molecular complexity index is 305. The minimum absolute atomic E-state index is 0.276. The average Bonchev–Trinajstić information content (AvgIpc) is 2.48. The van der Waals surface area contributed by atoms with Crippen LogP contribution < -0.4 is 0 Å². The van der Waals surface area contributed by atoms with Gasteiger partial charge in [0.1, 0.15) is 0 Å². The van der Waals surface area contributed by atoms with Crippen LogP contribution in [0.1, 0.15) is 73.1 Å². The second kappa shape index (κ2) is 13.3. The normalized spacial score (nSPS) is 12.3. The van der Waals surface area contributed by atoms with Crippen LogP contribution in [0.2, 0.25) is 13.3 Å². The summed E-state index contributed by atoms with van der Waals surface area (Å²) < 4.78 is 15.4. The maximum absolute atomic E-state index is 11.6. The molecule has 0 aliphatic carbocycles. The van der Waals surface area contributed by atoms with E-state index in [9.17, 15) is 4.79 Å². The zero-order valence-electron chi connectivity index (χ0n) is 15.4. The summed E-state index contributed by atoms with van der Waals surface area (Å²) >= 11 is -2.64. The van der Waals surface area contributed by atoms with E-state index in [1.807, 2.05) is 13.8 Å². The minimum atomic E-state index is -2.64. The van der Waals surface area contributed by atoms with E-state index >= 15 is 0 Å². The Morgan fingerprint density at radius 3 is 1.73 bits per heavy atom. The molecule has 0 aromatic carbocycles. The summed E-state index contributed by atoms with van der Waals surface area (Å²) in [6.45, 7) is 10.9. The fourth-order valence-corrected chi connectivity index (χ4v) is 16.4. The van der Waals surface area contributed by atoms with E-state index in [1.54, 1.807) is 6.08 Å². The third kappa shape index (κ3) is 9.75. The van der Waals surface area contributed by atoms with Crippen LogP contribution in [-0.4, -0.2) is 31.4 Å². The molecule has 0 amide bonds. The molecule has 0 bridgehead atoms. The molecule has 0 spiro atoms. The van der Waals surface area contributed by atoms with E-state index in [1.165, 1.54) is 51.8 Å². The van der Waals surface area contributed by atoms with E-state index in [4.69, 9.17) is 7.81 Å². The van der Waals surface area contributed by atoms with Crippen LogP contribution >= 0.6 is 0 Å². The van der Waals surface area contributed by atoms with E-state index in [2.05, 4.69) is 20.8 Å². The number of esters is 1. The van der Waals surface area contributed by atoms with Crippen molar-refractivity contribution in [2.45, 2.75) is 86.5 Å². The molecule has 0 radical (unpaired) electrons. The molecule has 3 nitrogen and oxygen atoms in total. The fraction of sp³-hybridized carbons (Fsp3) is 0.833. The number of carbonyl (C=O) groups is 1. The Balaban J connectivity index is 5.01. The molecular formula is C18H36O3Sn. The Morgan fingerprint density at radius 2 is 1.36 bits per heavy atom. The van der Waals surface area contributed by atoms with Crippen LogP contribution in [0.4, 0.5) is 0 Å². The van der Waals surface area contributed by atoms with Gasteiger partial charge in [-0.3, -0.25) is 0 Å². The van der Waals surface area contributed by atoms with Crippen molar-refractivity contribution in [2.24, 2.45) is 0 Å². The van der Waals surface area contributed by atoms with Gasteiger partial charge >= 0.3 is 142 Å². The first-order valence-electron chi connectivity index (χ1n) is 9.07. The number of carbonyl (C=O) groups excluding carboxylic acids is 1. The third-order valence-corrected chi connectivity index (χ3v) is 16.9. The first-order chi connectivity index (χ1) is 10.5. The summed E-state index contributed by atoms with van der Waals surface area (Å²) in [6, 6.07) is 0. The number of rotatable bonds is 13. The van der Waals surface area contributed by atoms with Gasteiger partial charge in [-0.2, -0.15) is 0 Å². The Morgan fingerprint density at radius 1 is 0.909 bits per heavy atom. The van der Waals surface area contributed by atoms with Gasteiger partial charge < -0.3 is 0 Å². The van der Waals surface area contributed by atoms with Gasteiger partial charge in [-0.05, 0) is 0 Å². The molecule has 0 aliphatic heterocycles. The summed E-state index contributed by atoms with van der Waals surface area (Å²) in [5, 5.41) is 0. The van der Waals surface area contributed by atoms with Crippen molar-refractivity contribution in [1.82, 2.24) is 0 Å². The quantitative estimate of drug-likeness (QED) is 0.164. The van der Waals surface area contributed by atoms with Crippen LogP contribution in [0, 0.1) is 0 Å². The monoisotopic (exact) mass is 420 g/mol. The van der Waals surface area contributed by atoms with Crippen LogP contribution in [-0.2, 0) is 12.6 Å². The number of allylic oxidation sites excluding steroid dienone is 1. The summed E-state index contributed by atoms with van der Waals surface area (Å²) in [4.78, 5) is 11.6. The van der Waals surface area contributed by atoms with E-state index in [0.717, 1.165) is 5.76 Å². The molecule has 0 N–H and O–H groups in total. The zero-order valence-corrected chi connectivity index (χ0v) is 18.2. The number of ether oxygens (including phenoxy) is 1. The van der Waals surface area contributed by atoms with Gasteiger partial charge in [0.25, 0.3) is 0 Å². The van der Waals surface area contributed by atoms with Gasteiger partial charge in [0.05, 0.1) is 0 Å². The molecule has 0 rings (SSSR count). The van der Waals surface area contributed by atoms with Crippen molar-refractivity contribution in [2.75, 3.05) is 6.61 Å². The Hall–Kier alpha value is -0.191. The number of hydrogen-bond donors (Lipinski definition) is 0. The van der Waals surface area contributed by atoms with Gasteiger partial charge in [0, 0.05) is 0 Å². The molecule has 0 aromatic heterocycles. The van der Waals surface area contributed by atoms with Crippen molar-refractivity contribution in [3.63, 3.8) is 0 Å². The molecule has 0 unspecified atom stereocenters. The summed E-state index contributed by atoms with van der Waals surface area (Å²) in [5.41, 5.74) is 0. The second-order valence-corrected chi connectivity index (χ2v) is 17.7. The van der Waals surface area contributed by atoms with Gasteiger partial charge in [0.2, 0.25) is 0 Å². The van der Waals surface area contributed by atoms with Crippen molar-refractivity contribution >= 4 is 24.8 Å². The second-order valence-electron chi connectivity index (χ2n) is 6.10. The van der Waals surface area contributed by atoms with Crippen LogP contribution in [0.3, 0.4) is 0 Å². The molecular weight excluding hydrogens is 383 g/mol. The molecule has 0 aliphatic rings. The zero-order chi connectivity index (χ0) is 16.8. The molecule has 4 heteroatoms. The van der Waals surface area contributed by atoms with Gasteiger partial charge in [-0.25, -0.2) is 0 Å². The van der Waals surface area contributed by atoms with E-state index in [0.29, 0.717) is 6.61 Å². The third-order valence-electron chi connectivity index (χ3n) is 3.94. The van der Waals surface area contributed by atoms with E-state index < -0.39 is 18.8 Å². The average molecular weight is 419 g/mol. The standard InChI is InChI=1S/C6H10O3.3C4H9.Sn/c1-3-9-6(8)4-5(2)7;3*1-3-4-2;/h4,7H,3H2,1-2H3;3*1,3-4H2,2H3;/q;;;;+1/p-1/b5-4-;;;;. The molecule has 0 heterocycles. The first kappa shape index (κ1) is 21.8. The van der Waals surface area contributed by atoms with E-state index in [-0.39, 0.29) is 5.97 Å². The SMILES string of the molecule is CCC[CH2][Sn]([CH2]CCC)([CH2]CCC)[O]/C(C)=C\C(=O)OCC. The van der Waals surface area contributed by atoms with Crippen LogP contribution in [0.25, 0.3) is 0 Å². The molecule has 0 atom stereocenters.